The van der Waals surface area contributed by atoms with Crippen molar-refractivity contribution in [2.75, 3.05) is 0 Å². The van der Waals surface area contributed by atoms with Gasteiger partial charge in [0.2, 0.25) is 0 Å². The summed E-state index contributed by atoms with van der Waals surface area (Å²) in [4.78, 5) is 7.06. The lowest BCUT2D eigenvalue weighted by Gasteiger charge is -2.08. The molecule has 24 heavy (non-hydrogen) atoms. The Morgan fingerprint density at radius 1 is 1.00 bits per heavy atom. The summed E-state index contributed by atoms with van der Waals surface area (Å²) in [5, 5.41) is 0. The number of hydrogen-bond acceptors (Lipinski definition) is 1. The molecule has 3 aromatic rings. The second-order valence-electron chi connectivity index (χ2n) is 5.31. The van der Waals surface area contributed by atoms with Crippen LogP contribution in [-0.4, -0.2) is 9.55 Å². The lowest BCUT2D eigenvalue weighted by molar-refractivity contribution is -0.140. The van der Waals surface area contributed by atoms with E-state index in [-0.39, 0.29) is 5.82 Å². The minimum Gasteiger partial charge on any atom is -0.299 e. The summed E-state index contributed by atoms with van der Waals surface area (Å²) in [5.74, 6) is 0.206. The summed E-state index contributed by atoms with van der Waals surface area (Å²) in [6.07, 6.45) is -3.55. The van der Waals surface area contributed by atoms with Gasteiger partial charge in [-0.05, 0) is 19.1 Å². The molecule has 0 aliphatic rings. The lowest BCUT2D eigenvalue weighted by Crippen LogP contribution is -2.04. The van der Waals surface area contributed by atoms with E-state index in [2.05, 4.69) is 9.83 Å². The fourth-order valence-electron chi connectivity index (χ4n) is 2.31. The number of aryl methyl sites for hydroxylation is 1. The van der Waals surface area contributed by atoms with Gasteiger partial charge in [-0.1, -0.05) is 42.0 Å². The highest BCUT2D eigenvalue weighted by molar-refractivity contribution is 5.61. The molecule has 0 radical (unpaired) electrons. The minimum atomic E-state index is -4.53. The Bertz CT molecular complexity index is 899. The number of rotatable bonds is 2. The number of halogens is 3. The van der Waals surface area contributed by atoms with Crippen molar-refractivity contribution in [2.45, 2.75) is 13.1 Å². The predicted octanol–water partition coefficient (Wildman–Crippen LogP) is 5.42. The van der Waals surface area contributed by atoms with Gasteiger partial charge in [-0.2, -0.15) is 13.2 Å². The summed E-state index contributed by atoms with van der Waals surface area (Å²) in [6.45, 7) is 8.86. The van der Waals surface area contributed by atoms with Gasteiger partial charge in [-0.25, -0.2) is 9.83 Å². The monoisotopic (exact) mass is 327 g/mol. The largest absolute Gasteiger partial charge is 0.434 e. The highest BCUT2D eigenvalue weighted by Gasteiger charge is 2.35. The van der Waals surface area contributed by atoms with Crippen molar-refractivity contribution in [3.63, 3.8) is 0 Å². The van der Waals surface area contributed by atoms with Crippen LogP contribution in [0.25, 0.3) is 21.9 Å². The molecular weight excluding hydrogens is 315 g/mol. The van der Waals surface area contributed by atoms with Gasteiger partial charge in [-0.3, -0.25) is 4.57 Å². The van der Waals surface area contributed by atoms with Crippen LogP contribution >= 0.6 is 0 Å². The zero-order valence-corrected chi connectivity index (χ0v) is 12.7. The van der Waals surface area contributed by atoms with Crippen LogP contribution in [0, 0.1) is 13.5 Å². The van der Waals surface area contributed by atoms with E-state index in [1.54, 1.807) is 36.4 Å². The zero-order chi connectivity index (χ0) is 17.3. The number of aromatic nitrogens is 2. The third kappa shape index (κ3) is 3.01. The fourth-order valence-corrected chi connectivity index (χ4v) is 2.31. The van der Waals surface area contributed by atoms with Crippen molar-refractivity contribution in [3.05, 3.63) is 77.4 Å². The second kappa shape index (κ2) is 5.85. The molecule has 0 saturated carbocycles. The molecule has 0 bridgehead atoms. The van der Waals surface area contributed by atoms with E-state index in [1.165, 1.54) is 4.57 Å². The van der Waals surface area contributed by atoms with E-state index in [1.807, 2.05) is 19.1 Å². The zero-order valence-electron chi connectivity index (χ0n) is 12.7. The average molecular weight is 327 g/mol. The molecule has 3 nitrogen and oxygen atoms in total. The maximum Gasteiger partial charge on any atom is 0.434 e. The van der Waals surface area contributed by atoms with Crippen LogP contribution in [-0.2, 0) is 6.18 Å². The molecule has 0 aliphatic carbocycles. The van der Waals surface area contributed by atoms with Gasteiger partial charge < -0.3 is 0 Å². The first-order valence-electron chi connectivity index (χ1n) is 7.10. The third-order valence-corrected chi connectivity index (χ3v) is 3.56. The molecule has 120 valence electrons. The van der Waals surface area contributed by atoms with Crippen LogP contribution in [0.3, 0.4) is 0 Å². The van der Waals surface area contributed by atoms with Gasteiger partial charge >= 0.3 is 6.18 Å². The molecule has 0 N–H and O–H groups in total. The molecule has 0 saturated heterocycles. The van der Waals surface area contributed by atoms with Crippen LogP contribution in [0.5, 0.6) is 0 Å². The van der Waals surface area contributed by atoms with Gasteiger partial charge in [0.15, 0.2) is 11.4 Å². The SMILES string of the molecule is [C-]#[N+]c1ccc(-n2cc(C(F)(F)F)nc2-c2ccc(C)cc2)cc1. The summed E-state index contributed by atoms with van der Waals surface area (Å²) in [5.41, 5.74) is 1.58. The number of alkyl halides is 3. The van der Waals surface area contributed by atoms with Crippen LogP contribution in [0.2, 0.25) is 0 Å². The Morgan fingerprint density at radius 2 is 1.62 bits per heavy atom. The maximum atomic E-state index is 13.1. The van der Waals surface area contributed by atoms with E-state index in [0.717, 1.165) is 11.8 Å². The highest BCUT2D eigenvalue weighted by Crippen LogP contribution is 2.33. The van der Waals surface area contributed by atoms with E-state index >= 15 is 0 Å². The number of imidazole rings is 1. The highest BCUT2D eigenvalue weighted by atomic mass is 19.4. The van der Waals surface area contributed by atoms with Gasteiger partial charge in [0.25, 0.3) is 0 Å². The normalized spacial score (nSPS) is 11.3. The molecular formula is C18H12F3N3. The Labute approximate surface area is 136 Å². The second-order valence-corrected chi connectivity index (χ2v) is 5.31. The molecule has 0 amide bonds. The van der Waals surface area contributed by atoms with Crippen molar-refractivity contribution in [1.29, 1.82) is 0 Å². The number of nitrogens with zero attached hydrogens (tertiary/aromatic N) is 3. The summed E-state index contributed by atoms with van der Waals surface area (Å²) in [7, 11) is 0. The summed E-state index contributed by atoms with van der Waals surface area (Å²) < 4.78 is 40.6. The first-order valence-corrected chi connectivity index (χ1v) is 7.10. The number of hydrogen-bond donors (Lipinski definition) is 0. The first-order chi connectivity index (χ1) is 11.4. The lowest BCUT2D eigenvalue weighted by atomic mass is 10.1. The standard InChI is InChI=1S/C18H12F3N3/c1-12-3-5-13(6-4-12)17-23-16(18(19,20)21)11-24(17)15-9-7-14(22-2)8-10-15/h3-11H,1H3. The third-order valence-electron chi connectivity index (χ3n) is 3.56. The Morgan fingerprint density at radius 3 is 2.17 bits per heavy atom. The smallest absolute Gasteiger partial charge is 0.299 e. The van der Waals surface area contributed by atoms with Crippen molar-refractivity contribution < 1.29 is 13.2 Å². The Balaban J connectivity index is 2.17. The fraction of sp³-hybridized carbons (Fsp3) is 0.111. The minimum absolute atomic E-state index is 0.206. The van der Waals surface area contributed by atoms with Gasteiger partial charge in [-0.15, -0.1) is 0 Å². The van der Waals surface area contributed by atoms with Crippen molar-refractivity contribution in [3.8, 4) is 17.1 Å². The first kappa shape index (κ1) is 15.8. The summed E-state index contributed by atoms with van der Waals surface area (Å²) in [6, 6.07) is 13.5. The van der Waals surface area contributed by atoms with Gasteiger partial charge in [0, 0.05) is 17.4 Å². The molecule has 0 unspecified atom stereocenters. The summed E-state index contributed by atoms with van der Waals surface area (Å²) >= 11 is 0. The van der Waals surface area contributed by atoms with E-state index < -0.39 is 11.9 Å². The maximum absolute atomic E-state index is 13.1. The molecule has 0 spiro atoms. The van der Waals surface area contributed by atoms with E-state index in [9.17, 15) is 13.2 Å². The van der Waals surface area contributed by atoms with Crippen LogP contribution < -0.4 is 0 Å². The Kier molecular flexibility index (Phi) is 3.86. The van der Waals surface area contributed by atoms with E-state index in [0.29, 0.717) is 16.9 Å². The molecule has 6 heteroatoms. The van der Waals surface area contributed by atoms with Crippen LogP contribution in [0.15, 0.2) is 54.7 Å². The molecule has 0 atom stereocenters. The van der Waals surface area contributed by atoms with Crippen molar-refractivity contribution in [1.82, 2.24) is 9.55 Å². The predicted molar refractivity (Wildman–Crippen MR) is 85.0 cm³/mol. The quantitative estimate of drug-likeness (QED) is 0.576. The Hall–Kier alpha value is -3.07. The van der Waals surface area contributed by atoms with Crippen LogP contribution in [0.1, 0.15) is 11.3 Å². The van der Waals surface area contributed by atoms with E-state index in [4.69, 9.17) is 6.57 Å². The molecule has 0 fully saturated rings. The molecule has 1 aromatic heterocycles. The topological polar surface area (TPSA) is 22.2 Å². The number of benzene rings is 2. The van der Waals surface area contributed by atoms with Crippen molar-refractivity contribution >= 4 is 5.69 Å². The van der Waals surface area contributed by atoms with Crippen molar-refractivity contribution in [2.24, 2.45) is 0 Å². The van der Waals surface area contributed by atoms with Gasteiger partial charge in [0.05, 0.1) is 6.57 Å². The van der Waals surface area contributed by atoms with Gasteiger partial charge in [0.1, 0.15) is 5.82 Å². The molecule has 1 heterocycles. The van der Waals surface area contributed by atoms with Crippen LogP contribution in [0.4, 0.5) is 18.9 Å². The molecule has 2 aromatic carbocycles. The molecule has 0 aliphatic heterocycles. The average Bonchev–Trinajstić information content (AvgIpc) is 3.01. The molecule has 3 rings (SSSR count).